The second kappa shape index (κ2) is 5.33. The van der Waals surface area contributed by atoms with E-state index >= 15 is 0 Å². The lowest BCUT2D eigenvalue weighted by Gasteiger charge is -2.20. The minimum atomic E-state index is -0.804. The van der Waals surface area contributed by atoms with Crippen LogP contribution in [0.1, 0.15) is 29.0 Å². The summed E-state index contributed by atoms with van der Waals surface area (Å²) in [6.07, 6.45) is 2.36. The van der Waals surface area contributed by atoms with Crippen molar-refractivity contribution in [3.05, 3.63) is 70.8 Å². The molecule has 0 amide bonds. The molecule has 2 aromatic carbocycles. The molecule has 2 unspecified atom stereocenters. The molecule has 0 heterocycles. The number of hydrogen-bond acceptors (Lipinski definition) is 1. The van der Waals surface area contributed by atoms with E-state index in [9.17, 15) is 8.78 Å². The van der Waals surface area contributed by atoms with Crippen LogP contribution in [0, 0.1) is 11.6 Å². The molecule has 1 aliphatic carbocycles. The van der Waals surface area contributed by atoms with Crippen LogP contribution >= 0.6 is 0 Å². The molecule has 3 rings (SSSR count). The zero-order valence-corrected chi connectivity index (χ0v) is 11.2. The van der Waals surface area contributed by atoms with Gasteiger partial charge in [0.05, 0.1) is 0 Å². The minimum absolute atomic E-state index is 0.185. The average molecular weight is 273 g/mol. The molecule has 3 heteroatoms. The Morgan fingerprint density at radius 3 is 2.75 bits per heavy atom. The molecule has 0 fully saturated rings. The quantitative estimate of drug-likeness (QED) is 0.909. The topological polar surface area (TPSA) is 26.0 Å². The molecule has 0 aromatic heterocycles. The molecule has 2 N–H and O–H groups in total. The molecule has 0 radical (unpaired) electrons. The maximum Gasteiger partial charge on any atom is 0.162 e. The fourth-order valence-electron chi connectivity index (χ4n) is 3.14. The Morgan fingerprint density at radius 2 is 1.90 bits per heavy atom. The summed E-state index contributed by atoms with van der Waals surface area (Å²) < 4.78 is 26.9. The first-order chi connectivity index (χ1) is 9.66. The van der Waals surface area contributed by atoms with Gasteiger partial charge in [0.25, 0.3) is 0 Å². The fourth-order valence-corrected chi connectivity index (χ4v) is 3.14. The van der Waals surface area contributed by atoms with E-state index in [1.807, 2.05) is 12.1 Å². The highest BCUT2D eigenvalue weighted by atomic mass is 19.2. The van der Waals surface area contributed by atoms with Crippen LogP contribution in [0.4, 0.5) is 8.78 Å². The maximum atomic E-state index is 13.7. The molecule has 104 valence electrons. The van der Waals surface area contributed by atoms with Crippen LogP contribution in [-0.4, -0.2) is 6.04 Å². The number of aryl methyl sites for hydroxylation is 1. The number of rotatable bonds is 3. The third-order valence-corrected chi connectivity index (χ3v) is 4.18. The monoisotopic (exact) mass is 273 g/mol. The summed E-state index contributed by atoms with van der Waals surface area (Å²) in [4.78, 5) is 0. The van der Waals surface area contributed by atoms with Gasteiger partial charge in [-0.3, -0.25) is 0 Å². The van der Waals surface area contributed by atoms with Crippen molar-refractivity contribution in [2.75, 3.05) is 0 Å². The molecule has 0 saturated carbocycles. The summed E-state index contributed by atoms with van der Waals surface area (Å²) in [5.74, 6) is -1.34. The lowest BCUT2D eigenvalue weighted by molar-refractivity contribution is 0.476. The van der Waals surface area contributed by atoms with Crippen LogP contribution < -0.4 is 5.73 Å². The van der Waals surface area contributed by atoms with Crippen molar-refractivity contribution in [2.45, 2.75) is 31.2 Å². The lowest BCUT2D eigenvalue weighted by Crippen LogP contribution is -2.30. The molecule has 0 aliphatic heterocycles. The lowest BCUT2D eigenvalue weighted by atomic mass is 9.89. The SMILES string of the molecule is NC(Cc1cccc(F)c1F)C1CCc2ccccc21. The van der Waals surface area contributed by atoms with Crippen LogP contribution in [0.2, 0.25) is 0 Å². The van der Waals surface area contributed by atoms with Gasteiger partial charge in [-0.1, -0.05) is 36.4 Å². The van der Waals surface area contributed by atoms with Crippen molar-refractivity contribution in [1.29, 1.82) is 0 Å². The molecule has 2 atom stereocenters. The highest BCUT2D eigenvalue weighted by molar-refractivity contribution is 5.36. The Labute approximate surface area is 117 Å². The van der Waals surface area contributed by atoms with Gasteiger partial charge in [0.2, 0.25) is 0 Å². The van der Waals surface area contributed by atoms with Gasteiger partial charge in [0, 0.05) is 6.04 Å². The average Bonchev–Trinajstić information content (AvgIpc) is 2.88. The van der Waals surface area contributed by atoms with E-state index in [4.69, 9.17) is 5.73 Å². The zero-order chi connectivity index (χ0) is 14.1. The van der Waals surface area contributed by atoms with Gasteiger partial charge >= 0.3 is 0 Å². The zero-order valence-electron chi connectivity index (χ0n) is 11.2. The Bertz CT molecular complexity index is 624. The first kappa shape index (κ1) is 13.3. The van der Waals surface area contributed by atoms with Gasteiger partial charge < -0.3 is 5.73 Å². The van der Waals surface area contributed by atoms with Crippen molar-refractivity contribution < 1.29 is 8.78 Å². The number of halogens is 2. The first-order valence-corrected chi connectivity index (χ1v) is 6.93. The summed E-state index contributed by atoms with van der Waals surface area (Å²) in [7, 11) is 0. The number of fused-ring (bicyclic) bond motifs is 1. The van der Waals surface area contributed by atoms with E-state index < -0.39 is 11.6 Å². The number of hydrogen-bond donors (Lipinski definition) is 1. The Morgan fingerprint density at radius 1 is 1.10 bits per heavy atom. The number of nitrogens with two attached hydrogens (primary N) is 1. The second-order valence-corrected chi connectivity index (χ2v) is 5.42. The van der Waals surface area contributed by atoms with Gasteiger partial charge in [-0.2, -0.15) is 0 Å². The predicted molar refractivity (Wildman–Crippen MR) is 75.5 cm³/mol. The van der Waals surface area contributed by atoms with Crippen molar-refractivity contribution in [2.24, 2.45) is 5.73 Å². The van der Waals surface area contributed by atoms with E-state index in [1.165, 1.54) is 17.2 Å². The largest absolute Gasteiger partial charge is 0.327 e. The van der Waals surface area contributed by atoms with Gasteiger partial charge in [0.1, 0.15) is 0 Å². The van der Waals surface area contributed by atoms with Crippen LogP contribution in [-0.2, 0) is 12.8 Å². The predicted octanol–water partition coefficient (Wildman–Crippen LogP) is 3.56. The molecular weight excluding hydrogens is 256 g/mol. The van der Waals surface area contributed by atoms with E-state index in [-0.39, 0.29) is 12.0 Å². The first-order valence-electron chi connectivity index (χ1n) is 6.93. The van der Waals surface area contributed by atoms with Crippen molar-refractivity contribution >= 4 is 0 Å². The van der Waals surface area contributed by atoms with E-state index in [0.29, 0.717) is 12.0 Å². The normalized spacial score (nSPS) is 18.9. The summed E-state index contributed by atoms with van der Waals surface area (Å²) in [5.41, 5.74) is 9.21. The van der Waals surface area contributed by atoms with Crippen LogP contribution in [0.5, 0.6) is 0 Å². The van der Waals surface area contributed by atoms with Crippen molar-refractivity contribution in [1.82, 2.24) is 0 Å². The summed E-state index contributed by atoms with van der Waals surface area (Å²) >= 11 is 0. The molecule has 20 heavy (non-hydrogen) atoms. The summed E-state index contributed by atoms with van der Waals surface area (Å²) in [6.45, 7) is 0. The third-order valence-electron chi connectivity index (χ3n) is 4.18. The molecule has 1 aliphatic rings. The molecule has 1 nitrogen and oxygen atoms in total. The minimum Gasteiger partial charge on any atom is -0.327 e. The molecule has 0 spiro atoms. The summed E-state index contributed by atoms with van der Waals surface area (Å²) in [5, 5.41) is 0. The fraction of sp³-hybridized carbons (Fsp3) is 0.294. The van der Waals surface area contributed by atoms with Gasteiger partial charge in [-0.15, -0.1) is 0 Å². The standard InChI is InChI=1S/C17H17F2N/c18-15-7-3-5-12(17(15)19)10-16(20)14-9-8-11-4-1-2-6-13(11)14/h1-7,14,16H,8-10,20H2. The van der Waals surface area contributed by atoms with E-state index in [0.717, 1.165) is 18.9 Å². The highest BCUT2D eigenvalue weighted by Crippen LogP contribution is 2.35. The van der Waals surface area contributed by atoms with Crippen molar-refractivity contribution in [3.63, 3.8) is 0 Å². The third kappa shape index (κ3) is 2.34. The molecular formula is C17H17F2N. The molecule has 0 saturated heterocycles. The summed E-state index contributed by atoms with van der Waals surface area (Å²) in [6, 6.07) is 12.3. The van der Waals surface area contributed by atoms with Gasteiger partial charge in [0.15, 0.2) is 11.6 Å². The van der Waals surface area contributed by atoms with E-state index in [1.54, 1.807) is 6.07 Å². The van der Waals surface area contributed by atoms with E-state index in [2.05, 4.69) is 12.1 Å². The van der Waals surface area contributed by atoms with Crippen LogP contribution in [0.15, 0.2) is 42.5 Å². The highest BCUT2D eigenvalue weighted by Gasteiger charge is 2.28. The molecule has 0 bridgehead atoms. The Kier molecular flexibility index (Phi) is 3.53. The Balaban J connectivity index is 1.81. The van der Waals surface area contributed by atoms with Crippen molar-refractivity contribution in [3.8, 4) is 0 Å². The van der Waals surface area contributed by atoms with Crippen LogP contribution in [0.25, 0.3) is 0 Å². The second-order valence-electron chi connectivity index (χ2n) is 5.42. The smallest absolute Gasteiger partial charge is 0.162 e. The van der Waals surface area contributed by atoms with Gasteiger partial charge in [-0.25, -0.2) is 8.78 Å². The maximum absolute atomic E-state index is 13.7. The van der Waals surface area contributed by atoms with Crippen LogP contribution in [0.3, 0.4) is 0 Å². The molecule has 2 aromatic rings. The number of benzene rings is 2. The van der Waals surface area contributed by atoms with Gasteiger partial charge in [-0.05, 0) is 47.9 Å². The Hall–Kier alpha value is -1.74.